The molecule has 0 aromatic heterocycles. The van der Waals surface area contributed by atoms with Gasteiger partial charge in [-0.3, -0.25) is 0 Å². The van der Waals surface area contributed by atoms with Gasteiger partial charge in [-0.25, -0.2) is 0 Å². The van der Waals surface area contributed by atoms with Crippen LogP contribution in [0.5, 0.6) is 0 Å². The van der Waals surface area contributed by atoms with Gasteiger partial charge in [-0.2, -0.15) is 0 Å². The molecule has 0 aliphatic heterocycles. The predicted molar refractivity (Wildman–Crippen MR) is 75.7 cm³/mol. The van der Waals surface area contributed by atoms with Crippen molar-refractivity contribution in [3.8, 4) is 0 Å². The summed E-state index contributed by atoms with van der Waals surface area (Å²) < 4.78 is 0. The Kier molecular flexibility index (Phi) is 14.4. The number of hydrogen-bond acceptors (Lipinski definition) is 0. The maximum atomic E-state index is 4.93. The van der Waals surface area contributed by atoms with Gasteiger partial charge in [-0.15, -0.1) is 0 Å². The van der Waals surface area contributed by atoms with Gasteiger partial charge in [-0.05, 0) is 11.1 Å². The Bertz CT molecular complexity index is 222. The molecule has 0 heterocycles. The molecule has 2 aliphatic rings. The van der Waals surface area contributed by atoms with Crippen molar-refractivity contribution in [3.63, 3.8) is 0 Å². The van der Waals surface area contributed by atoms with E-state index in [-0.39, 0.29) is 14.9 Å². The zero-order valence-electron chi connectivity index (χ0n) is 9.61. The third-order valence-corrected chi connectivity index (χ3v) is 3.78. The first-order valence-electron chi connectivity index (χ1n) is 4.38. The Balaban J connectivity index is 0. The number of halogens is 2. The van der Waals surface area contributed by atoms with Crippen LogP contribution < -0.4 is 0 Å². The Morgan fingerprint density at radius 1 is 0.750 bits per heavy atom. The van der Waals surface area contributed by atoms with Crippen molar-refractivity contribution in [2.24, 2.45) is 0 Å². The van der Waals surface area contributed by atoms with E-state index in [1.807, 2.05) is 0 Å². The number of hydrogen-bond donors (Lipinski definition) is 0. The summed E-state index contributed by atoms with van der Waals surface area (Å²) in [4.78, 5) is 0. The summed E-state index contributed by atoms with van der Waals surface area (Å²) in [5.41, 5.74) is 1.51. The van der Waals surface area contributed by atoms with Gasteiger partial charge >= 0.3 is 37.9 Å². The zero-order chi connectivity index (χ0) is 10.2. The van der Waals surface area contributed by atoms with Gasteiger partial charge in [0.15, 0.2) is 0 Å². The Morgan fingerprint density at radius 2 is 1.00 bits per heavy atom. The van der Waals surface area contributed by atoms with Crippen LogP contribution in [0.2, 0.25) is 11.1 Å². The average molecular weight is 351 g/mol. The first-order valence-corrected chi connectivity index (χ1v) is 12.0. The fourth-order valence-corrected chi connectivity index (χ4v) is 2.95. The average Bonchev–Trinajstić information content (AvgIpc) is 2.79. The summed E-state index contributed by atoms with van der Waals surface area (Å²) in [7, 11) is 10.4. The van der Waals surface area contributed by atoms with Crippen molar-refractivity contribution in [2.45, 2.75) is 11.1 Å². The molecule has 0 N–H and O–H groups in total. The van der Waals surface area contributed by atoms with Crippen molar-refractivity contribution in [3.05, 3.63) is 63.5 Å². The second-order valence-corrected chi connectivity index (χ2v) is 8.61. The van der Waals surface area contributed by atoms with Crippen LogP contribution in [0.15, 0.2) is 48.6 Å². The van der Waals surface area contributed by atoms with E-state index in [1.54, 1.807) is 0 Å². The van der Waals surface area contributed by atoms with Crippen molar-refractivity contribution in [1.29, 1.82) is 0 Å². The minimum atomic E-state index is -0.826. The molecule has 0 atom stereocenters. The van der Waals surface area contributed by atoms with Crippen molar-refractivity contribution in [1.82, 2.24) is 0 Å². The predicted octanol–water partition coefficient (Wildman–Crippen LogP) is 4.53. The van der Waals surface area contributed by atoms with Crippen LogP contribution in [0.4, 0.5) is 0 Å². The first kappa shape index (κ1) is 19.0. The minimum absolute atomic E-state index is 0. The molecule has 0 fully saturated rings. The van der Waals surface area contributed by atoms with Gasteiger partial charge in [0, 0.05) is 0 Å². The molecule has 0 spiro atoms. The fraction of sp³-hybridized carbons (Fsp3) is 0.167. The van der Waals surface area contributed by atoms with Crippen LogP contribution in [0.1, 0.15) is 0 Å². The standard InChI is InChI=1S/C10H11Si.2CH3.2ClH.Zr/c1-2-6-9(5-1)11-10-7-3-4-8-10;;;;;/h1-11H;2*1H3;2*1H;/q;2*-1;;;+4/p-2. The van der Waals surface area contributed by atoms with Crippen molar-refractivity contribution >= 4 is 26.5 Å². The molecule has 0 nitrogen and oxygen atoms in total. The van der Waals surface area contributed by atoms with E-state index >= 15 is 0 Å². The van der Waals surface area contributed by atoms with Gasteiger partial charge < -0.3 is 14.9 Å². The Labute approximate surface area is 121 Å². The molecule has 2 rings (SSSR count). The van der Waals surface area contributed by atoms with Crippen LogP contribution in [-0.4, -0.2) is 9.52 Å². The second kappa shape index (κ2) is 12.1. The van der Waals surface area contributed by atoms with E-state index in [0.29, 0.717) is 9.52 Å². The van der Waals surface area contributed by atoms with Crippen LogP contribution in [-0.2, 0) is 20.8 Å². The molecule has 4 heteroatoms. The molecule has 0 bridgehead atoms. The molecular weight excluding hydrogens is 334 g/mol. The monoisotopic (exact) mass is 349 g/mol. The Hall–Kier alpha value is 0.640. The molecular formula is C12H17Cl2SiZr. The Morgan fingerprint density at radius 3 is 1.25 bits per heavy atom. The van der Waals surface area contributed by atoms with Crippen LogP contribution in [0, 0.1) is 14.9 Å². The first-order chi connectivity index (χ1) is 6.86. The van der Waals surface area contributed by atoms with Gasteiger partial charge in [0.25, 0.3) is 0 Å². The van der Waals surface area contributed by atoms with Crippen molar-refractivity contribution in [2.75, 3.05) is 0 Å². The molecule has 16 heavy (non-hydrogen) atoms. The molecule has 1 radical (unpaired) electrons. The van der Waals surface area contributed by atoms with E-state index in [4.69, 9.17) is 17.0 Å². The molecule has 0 unspecified atom stereocenters. The van der Waals surface area contributed by atoms with Crippen molar-refractivity contribution < 1.29 is 20.8 Å². The third-order valence-electron chi connectivity index (χ3n) is 2.00. The molecule has 0 amide bonds. The van der Waals surface area contributed by atoms with E-state index in [1.165, 1.54) is 0 Å². The zero-order valence-corrected chi connectivity index (χ0v) is 14.7. The molecule has 0 aromatic rings. The van der Waals surface area contributed by atoms with Crippen LogP contribution in [0.3, 0.4) is 0 Å². The molecule has 0 aromatic carbocycles. The summed E-state index contributed by atoms with van der Waals surface area (Å²) in [5.74, 6) is 0. The maximum absolute atomic E-state index is 4.93. The van der Waals surface area contributed by atoms with Gasteiger partial charge in [0.1, 0.15) is 0 Å². The molecule has 0 saturated carbocycles. The van der Waals surface area contributed by atoms with Gasteiger partial charge in [0.05, 0.1) is 9.52 Å². The van der Waals surface area contributed by atoms with E-state index in [9.17, 15) is 0 Å². The number of rotatable bonds is 2. The topological polar surface area (TPSA) is 0 Å². The van der Waals surface area contributed by atoms with Crippen LogP contribution >= 0.6 is 17.0 Å². The number of allylic oxidation sites excluding steroid dienone is 8. The molecule has 87 valence electrons. The summed E-state index contributed by atoms with van der Waals surface area (Å²) in [5, 5.41) is 0. The SMILES string of the molecule is C1=CC([SiH]C2C=CC=C2)C=C1.[CH3-].[CH3-].[Cl][Zr+2][Cl]. The van der Waals surface area contributed by atoms with Gasteiger partial charge in [-0.1, -0.05) is 48.6 Å². The normalized spacial score (nSPS) is 16.1. The van der Waals surface area contributed by atoms with E-state index in [0.717, 1.165) is 11.1 Å². The second-order valence-electron chi connectivity index (χ2n) is 2.96. The summed E-state index contributed by atoms with van der Waals surface area (Å²) in [6, 6.07) is 0. The summed E-state index contributed by atoms with van der Waals surface area (Å²) >= 11 is -0.826. The summed E-state index contributed by atoms with van der Waals surface area (Å²) in [6.45, 7) is 0. The van der Waals surface area contributed by atoms with E-state index in [2.05, 4.69) is 48.6 Å². The molecule has 2 aliphatic carbocycles. The molecule has 0 saturated heterocycles. The fourth-order valence-electron chi connectivity index (χ4n) is 1.41. The van der Waals surface area contributed by atoms with Gasteiger partial charge in [0.2, 0.25) is 0 Å². The summed E-state index contributed by atoms with van der Waals surface area (Å²) in [6.07, 6.45) is 17.8. The quantitative estimate of drug-likeness (QED) is 0.506. The third kappa shape index (κ3) is 7.84. The van der Waals surface area contributed by atoms with Crippen LogP contribution in [0.25, 0.3) is 0 Å². The van der Waals surface area contributed by atoms with E-state index < -0.39 is 20.8 Å².